The molecule has 1 aromatic heterocycles. The van der Waals surface area contributed by atoms with Gasteiger partial charge in [-0.3, -0.25) is 4.79 Å². The van der Waals surface area contributed by atoms with Gasteiger partial charge in [0.1, 0.15) is 5.15 Å². The maximum Gasteiger partial charge on any atom is 0.228 e. The van der Waals surface area contributed by atoms with Crippen molar-refractivity contribution < 1.29 is 4.79 Å². The van der Waals surface area contributed by atoms with Gasteiger partial charge in [-0.25, -0.2) is 4.98 Å². The van der Waals surface area contributed by atoms with E-state index in [1.807, 2.05) is 6.92 Å². The van der Waals surface area contributed by atoms with Crippen LogP contribution in [0.2, 0.25) is 10.3 Å². The number of halogens is 2. The molecule has 16 heavy (non-hydrogen) atoms. The van der Waals surface area contributed by atoms with Gasteiger partial charge in [-0.2, -0.15) is 12.6 Å². The quantitative estimate of drug-likeness (QED) is 0.632. The maximum absolute atomic E-state index is 11.7. The topological polar surface area (TPSA) is 33.2 Å². The van der Waals surface area contributed by atoms with Crippen molar-refractivity contribution in [2.75, 3.05) is 11.4 Å². The number of hydrogen-bond acceptors (Lipinski definition) is 3. The molecule has 2 rings (SSSR count). The van der Waals surface area contributed by atoms with E-state index in [2.05, 4.69) is 17.6 Å². The van der Waals surface area contributed by atoms with Crippen LogP contribution >= 0.6 is 35.8 Å². The minimum atomic E-state index is 0.0223. The van der Waals surface area contributed by atoms with E-state index < -0.39 is 0 Å². The second-order valence-electron chi connectivity index (χ2n) is 3.76. The minimum absolute atomic E-state index is 0.0223. The second-order valence-corrected chi connectivity index (χ2v) is 5.24. The molecule has 1 aliphatic heterocycles. The summed E-state index contributed by atoms with van der Waals surface area (Å²) in [4.78, 5) is 17.3. The number of aromatic nitrogens is 1. The Morgan fingerprint density at radius 1 is 1.56 bits per heavy atom. The van der Waals surface area contributed by atoms with Crippen LogP contribution in [0.4, 0.5) is 5.69 Å². The SMILES string of the molecule is Cc1cc(Cl)nc(Cl)c1N1CC(S)CC1=O. The average Bonchev–Trinajstić information content (AvgIpc) is 2.43. The number of thiol groups is 1. The summed E-state index contributed by atoms with van der Waals surface area (Å²) in [6, 6.07) is 1.70. The zero-order valence-electron chi connectivity index (χ0n) is 8.57. The predicted octanol–water partition coefficient (Wildman–Crippen LogP) is 2.73. The van der Waals surface area contributed by atoms with Crippen molar-refractivity contribution in [2.45, 2.75) is 18.6 Å². The van der Waals surface area contributed by atoms with Crippen LogP contribution in [0, 0.1) is 6.92 Å². The van der Waals surface area contributed by atoms with Gasteiger partial charge in [0.25, 0.3) is 0 Å². The summed E-state index contributed by atoms with van der Waals surface area (Å²) in [6.07, 6.45) is 0.432. The van der Waals surface area contributed by atoms with Crippen molar-refractivity contribution in [3.05, 3.63) is 21.9 Å². The van der Waals surface area contributed by atoms with Gasteiger partial charge in [-0.05, 0) is 18.6 Å². The molecular formula is C10H10Cl2N2OS. The Labute approximate surface area is 109 Å². The molecule has 6 heteroatoms. The molecule has 1 unspecified atom stereocenters. The largest absolute Gasteiger partial charge is 0.308 e. The number of nitrogens with zero attached hydrogens (tertiary/aromatic N) is 2. The van der Waals surface area contributed by atoms with Gasteiger partial charge in [0, 0.05) is 18.2 Å². The Balaban J connectivity index is 2.44. The molecule has 3 nitrogen and oxygen atoms in total. The lowest BCUT2D eigenvalue weighted by molar-refractivity contribution is -0.117. The molecule has 0 N–H and O–H groups in total. The van der Waals surface area contributed by atoms with Crippen molar-refractivity contribution >= 4 is 47.4 Å². The first-order valence-corrected chi connectivity index (χ1v) is 6.07. The van der Waals surface area contributed by atoms with E-state index in [0.29, 0.717) is 23.8 Å². The summed E-state index contributed by atoms with van der Waals surface area (Å²) in [7, 11) is 0. The van der Waals surface area contributed by atoms with Crippen LogP contribution in [-0.4, -0.2) is 22.7 Å². The second kappa shape index (κ2) is 4.43. The third-order valence-electron chi connectivity index (χ3n) is 2.48. The van der Waals surface area contributed by atoms with E-state index in [1.54, 1.807) is 11.0 Å². The normalized spacial score (nSPS) is 20.6. The molecule has 0 bridgehead atoms. The number of aryl methyl sites for hydroxylation is 1. The fourth-order valence-electron chi connectivity index (χ4n) is 1.82. The summed E-state index contributed by atoms with van der Waals surface area (Å²) in [5.41, 5.74) is 1.49. The van der Waals surface area contributed by atoms with Crippen LogP contribution in [0.5, 0.6) is 0 Å². The molecule has 0 aliphatic carbocycles. The van der Waals surface area contributed by atoms with Crippen LogP contribution in [0.15, 0.2) is 6.07 Å². The van der Waals surface area contributed by atoms with Gasteiger partial charge in [-0.1, -0.05) is 23.2 Å². The highest BCUT2D eigenvalue weighted by Gasteiger charge is 2.31. The first kappa shape index (κ1) is 12.0. The van der Waals surface area contributed by atoms with Gasteiger partial charge in [0.15, 0.2) is 5.15 Å². The Bertz CT molecular complexity index is 429. The van der Waals surface area contributed by atoms with Crippen LogP contribution in [0.1, 0.15) is 12.0 Å². The summed E-state index contributed by atoms with van der Waals surface area (Å²) in [6.45, 7) is 2.42. The van der Waals surface area contributed by atoms with Crippen LogP contribution in [0.25, 0.3) is 0 Å². The number of carbonyl (C=O) groups is 1. The predicted molar refractivity (Wildman–Crippen MR) is 68.7 cm³/mol. The highest BCUT2D eigenvalue weighted by atomic mass is 35.5. The summed E-state index contributed by atoms with van der Waals surface area (Å²) < 4.78 is 0. The summed E-state index contributed by atoms with van der Waals surface area (Å²) >= 11 is 16.1. The zero-order chi connectivity index (χ0) is 11.9. The fraction of sp³-hybridized carbons (Fsp3) is 0.400. The lowest BCUT2D eigenvalue weighted by atomic mass is 10.2. The molecule has 1 atom stereocenters. The Morgan fingerprint density at radius 3 is 2.75 bits per heavy atom. The van der Waals surface area contributed by atoms with E-state index in [1.165, 1.54) is 0 Å². The molecule has 1 aliphatic rings. The van der Waals surface area contributed by atoms with Gasteiger partial charge < -0.3 is 4.90 Å². The standard InChI is InChI=1S/C10H10Cl2N2OS/c1-5-2-7(11)13-10(12)9(5)14-4-6(16)3-8(14)15/h2,6,16H,3-4H2,1H3. The molecule has 1 amide bonds. The number of amides is 1. The highest BCUT2D eigenvalue weighted by Crippen LogP contribution is 2.33. The van der Waals surface area contributed by atoms with Crippen molar-refractivity contribution in [3.8, 4) is 0 Å². The molecular weight excluding hydrogens is 267 g/mol. The molecule has 0 radical (unpaired) electrons. The number of hydrogen-bond donors (Lipinski definition) is 1. The van der Waals surface area contributed by atoms with Gasteiger partial charge in [0.2, 0.25) is 5.91 Å². The maximum atomic E-state index is 11.7. The molecule has 2 heterocycles. The smallest absolute Gasteiger partial charge is 0.228 e. The van der Waals surface area contributed by atoms with Gasteiger partial charge in [0.05, 0.1) is 5.69 Å². The van der Waals surface area contributed by atoms with Crippen molar-refractivity contribution in [2.24, 2.45) is 0 Å². The van der Waals surface area contributed by atoms with Gasteiger partial charge >= 0.3 is 0 Å². The van der Waals surface area contributed by atoms with Crippen LogP contribution in [0.3, 0.4) is 0 Å². The number of anilines is 1. The van der Waals surface area contributed by atoms with E-state index in [0.717, 1.165) is 5.56 Å². The van der Waals surface area contributed by atoms with Crippen LogP contribution in [-0.2, 0) is 4.79 Å². The van der Waals surface area contributed by atoms with Crippen LogP contribution < -0.4 is 4.90 Å². The summed E-state index contributed by atoms with van der Waals surface area (Å²) in [5, 5.41) is 0.653. The van der Waals surface area contributed by atoms with E-state index in [4.69, 9.17) is 23.2 Å². The lowest BCUT2D eigenvalue weighted by Crippen LogP contribution is -2.26. The first-order chi connectivity index (χ1) is 7.49. The molecule has 1 saturated heterocycles. The lowest BCUT2D eigenvalue weighted by Gasteiger charge is -2.19. The zero-order valence-corrected chi connectivity index (χ0v) is 11.0. The fourth-order valence-corrected chi connectivity index (χ4v) is 2.77. The molecule has 0 aromatic carbocycles. The third kappa shape index (κ3) is 2.14. The van der Waals surface area contributed by atoms with Crippen molar-refractivity contribution in [1.82, 2.24) is 4.98 Å². The molecule has 0 spiro atoms. The number of carbonyl (C=O) groups excluding carboxylic acids is 1. The number of rotatable bonds is 1. The first-order valence-electron chi connectivity index (χ1n) is 4.80. The minimum Gasteiger partial charge on any atom is -0.308 e. The molecule has 1 aromatic rings. The Morgan fingerprint density at radius 2 is 2.25 bits per heavy atom. The monoisotopic (exact) mass is 276 g/mol. The molecule has 86 valence electrons. The third-order valence-corrected chi connectivity index (χ3v) is 3.29. The van der Waals surface area contributed by atoms with Gasteiger partial charge in [-0.15, -0.1) is 0 Å². The summed E-state index contributed by atoms with van der Waals surface area (Å²) in [5.74, 6) is 0.0223. The van der Waals surface area contributed by atoms with Crippen molar-refractivity contribution in [1.29, 1.82) is 0 Å². The molecule has 0 saturated carbocycles. The van der Waals surface area contributed by atoms with E-state index >= 15 is 0 Å². The Kier molecular flexibility index (Phi) is 3.33. The molecule has 1 fully saturated rings. The number of pyridine rings is 1. The van der Waals surface area contributed by atoms with E-state index in [-0.39, 0.29) is 16.3 Å². The van der Waals surface area contributed by atoms with E-state index in [9.17, 15) is 4.79 Å². The Hall–Kier alpha value is -0.450. The average molecular weight is 277 g/mol. The van der Waals surface area contributed by atoms with Crippen molar-refractivity contribution in [3.63, 3.8) is 0 Å². The highest BCUT2D eigenvalue weighted by molar-refractivity contribution is 7.81.